The van der Waals surface area contributed by atoms with Crippen molar-refractivity contribution in [2.24, 2.45) is 0 Å². The van der Waals surface area contributed by atoms with Gasteiger partial charge >= 0.3 is 5.97 Å². The van der Waals surface area contributed by atoms with Gasteiger partial charge in [-0.1, -0.05) is 6.92 Å². The molecule has 1 aromatic rings. The molecule has 2 heterocycles. The highest BCUT2D eigenvalue weighted by Crippen LogP contribution is 2.54. The van der Waals surface area contributed by atoms with Crippen LogP contribution < -0.4 is 0 Å². The SMILES string of the molecule is CCc1cc2c(s1)C(=O)N(CC(=O)OC)CC21CC1. The summed E-state index contributed by atoms with van der Waals surface area (Å²) in [4.78, 5) is 27.6. The third-order valence-corrected chi connectivity index (χ3v) is 5.35. The lowest BCUT2D eigenvalue weighted by Gasteiger charge is -2.31. The Balaban J connectivity index is 1.94. The largest absolute Gasteiger partial charge is 0.468 e. The van der Waals surface area contributed by atoms with Crippen molar-refractivity contribution >= 4 is 23.2 Å². The first kappa shape index (κ1) is 12.7. The second kappa shape index (κ2) is 4.34. The number of nitrogens with zero attached hydrogens (tertiary/aromatic N) is 1. The zero-order valence-corrected chi connectivity index (χ0v) is 12.0. The van der Waals surface area contributed by atoms with E-state index in [1.807, 2.05) is 0 Å². The van der Waals surface area contributed by atoms with Gasteiger partial charge in [0.25, 0.3) is 5.91 Å². The molecule has 1 aliphatic heterocycles. The molecule has 3 rings (SSSR count). The van der Waals surface area contributed by atoms with E-state index in [1.54, 1.807) is 16.2 Å². The van der Waals surface area contributed by atoms with Crippen LogP contribution in [0, 0.1) is 0 Å². The van der Waals surface area contributed by atoms with Crippen LogP contribution in [0.25, 0.3) is 0 Å². The maximum absolute atomic E-state index is 12.4. The van der Waals surface area contributed by atoms with Gasteiger partial charge in [-0.25, -0.2) is 0 Å². The molecule has 0 radical (unpaired) electrons. The van der Waals surface area contributed by atoms with Crippen molar-refractivity contribution in [1.82, 2.24) is 4.90 Å². The molecule has 1 fully saturated rings. The number of amides is 1. The van der Waals surface area contributed by atoms with Crippen LogP contribution in [0.4, 0.5) is 0 Å². The predicted molar refractivity (Wildman–Crippen MR) is 72.5 cm³/mol. The van der Waals surface area contributed by atoms with E-state index >= 15 is 0 Å². The molecule has 2 aliphatic rings. The number of hydrogen-bond donors (Lipinski definition) is 0. The summed E-state index contributed by atoms with van der Waals surface area (Å²) in [6.45, 7) is 2.83. The Morgan fingerprint density at radius 3 is 2.84 bits per heavy atom. The highest BCUT2D eigenvalue weighted by molar-refractivity contribution is 7.14. The molecule has 0 aromatic carbocycles. The van der Waals surface area contributed by atoms with E-state index in [2.05, 4.69) is 17.7 Å². The maximum atomic E-state index is 12.4. The monoisotopic (exact) mass is 279 g/mol. The average molecular weight is 279 g/mol. The van der Waals surface area contributed by atoms with Crippen LogP contribution in [0.1, 0.15) is 39.9 Å². The lowest BCUT2D eigenvalue weighted by atomic mass is 9.91. The molecule has 4 nitrogen and oxygen atoms in total. The minimum atomic E-state index is -0.347. The number of carbonyl (C=O) groups is 2. The lowest BCUT2D eigenvalue weighted by Crippen LogP contribution is -2.45. The van der Waals surface area contributed by atoms with Crippen LogP contribution in [0.3, 0.4) is 0 Å². The molecule has 102 valence electrons. The summed E-state index contributed by atoms with van der Waals surface area (Å²) in [5.41, 5.74) is 1.35. The topological polar surface area (TPSA) is 46.6 Å². The number of carbonyl (C=O) groups excluding carboxylic acids is 2. The summed E-state index contributed by atoms with van der Waals surface area (Å²) < 4.78 is 4.67. The maximum Gasteiger partial charge on any atom is 0.325 e. The van der Waals surface area contributed by atoms with Crippen LogP contribution in [0.15, 0.2) is 6.07 Å². The average Bonchev–Trinajstić information content (AvgIpc) is 3.03. The Labute approximate surface area is 116 Å². The molecule has 0 unspecified atom stereocenters. The molecular weight excluding hydrogens is 262 g/mol. The Bertz CT molecular complexity index is 545. The van der Waals surface area contributed by atoms with Crippen LogP contribution in [-0.4, -0.2) is 37.0 Å². The first-order valence-electron chi connectivity index (χ1n) is 6.59. The zero-order chi connectivity index (χ0) is 13.6. The third kappa shape index (κ3) is 1.96. The van der Waals surface area contributed by atoms with E-state index < -0.39 is 0 Å². The predicted octanol–water partition coefficient (Wildman–Crippen LogP) is 1.97. The molecule has 0 atom stereocenters. The number of fused-ring (bicyclic) bond motifs is 2. The van der Waals surface area contributed by atoms with Crippen LogP contribution >= 0.6 is 11.3 Å². The summed E-state index contributed by atoms with van der Waals surface area (Å²) in [5, 5.41) is 0. The molecule has 0 bridgehead atoms. The molecule has 1 spiro atoms. The van der Waals surface area contributed by atoms with Crippen molar-refractivity contribution in [2.45, 2.75) is 31.6 Å². The molecule has 1 amide bonds. The van der Waals surface area contributed by atoms with Crippen molar-refractivity contribution in [3.8, 4) is 0 Å². The Morgan fingerprint density at radius 2 is 2.26 bits per heavy atom. The number of thiophene rings is 1. The fraction of sp³-hybridized carbons (Fsp3) is 0.571. The van der Waals surface area contributed by atoms with Gasteiger partial charge in [0, 0.05) is 16.8 Å². The summed E-state index contributed by atoms with van der Waals surface area (Å²) >= 11 is 1.58. The summed E-state index contributed by atoms with van der Waals surface area (Å²) in [6, 6.07) is 2.19. The highest BCUT2D eigenvalue weighted by atomic mass is 32.1. The fourth-order valence-corrected chi connectivity index (χ4v) is 3.95. The number of hydrogen-bond acceptors (Lipinski definition) is 4. The summed E-state index contributed by atoms with van der Waals surface area (Å²) in [5.74, 6) is -0.359. The van der Waals surface area contributed by atoms with E-state index in [9.17, 15) is 9.59 Å². The van der Waals surface area contributed by atoms with Crippen molar-refractivity contribution in [3.05, 3.63) is 21.4 Å². The van der Waals surface area contributed by atoms with Crippen LogP contribution in [-0.2, 0) is 21.4 Å². The second-order valence-electron chi connectivity index (χ2n) is 5.33. The number of rotatable bonds is 3. The van der Waals surface area contributed by atoms with Crippen molar-refractivity contribution in [1.29, 1.82) is 0 Å². The first-order chi connectivity index (χ1) is 9.09. The van der Waals surface area contributed by atoms with E-state index in [4.69, 9.17) is 0 Å². The Hall–Kier alpha value is -1.36. The fourth-order valence-electron chi connectivity index (χ4n) is 2.76. The zero-order valence-electron chi connectivity index (χ0n) is 11.2. The van der Waals surface area contributed by atoms with E-state index in [1.165, 1.54) is 17.6 Å². The number of ether oxygens (including phenoxy) is 1. The smallest absolute Gasteiger partial charge is 0.325 e. The molecule has 1 aliphatic carbocycles. The van der Waals surface area contributed by atoms with Gasteiger partial charge in [0.15, 0.2) is 0 Å². The number of aryl methyl sites for hydroxylation is 1. The van der Waals surface area contributed by atoms with E-state index in [0.29, 0.717) is 6.54 Å². The minimum Gasteiger partial charge on any atom is -0.468 e. The Morgan fingerprint density at radius 1 is 1.53 bits per heavy atom. The third-order valence-electron chi connectivity index (χ3n) is 4.08. The molecule has 1 aromatic heterocycles. The second-order valence-corrected chi connectivity index (χ2v) is 6.46. The molecular formula is C14H17NO3S. The van der Waals surface area contributed by atoms with E-state index in [0.717, 1.165) is 24.1 Å². The molecule has 0 saturated heterocycles. The van der Waals surface area contributed by atoms with Gasteiger partial charge in [-0.15, -0.1) is 11.3 Å². The van der Waals surface area contributed by atoms with Gasteiger partial charge in [0.1, 0.15) is 6.54 Å². The van der Waals surface area contributed by atoms with Gasteiger partial charge in [-0.3, -0.25) is 9.59 Å². The van der Waals surface area contributed by atoms with Gasteiger partial charge < -0.3 is 9.64 Å². The number of methoxy groups -OCH3 is 1. The Kier molecular flexibility index (Phi) is 2.89. The molecule has 19 heavy (non-hydrogen) atoms. The van der Waals surface area contributed by atoms with E-state index in [-0.39, 0.29) is 23.8 Å². The van der Waals surface area contributed by atoms with Gasteiger partial charge in [-0.05, 0) is 30.9 Å². The normalized spacial score (nSPS) is 19.5. The molecule has 1 saturated carbocycles. The minimum absolute atomic E-state index is 0.0115. The summed E-state index contributed by atoms with van der Waals surface area (Å²) in [6.07, 6.45) is 3.19. The highest BCUT2D eigenvalue weighted by Gasteiger charge is 2.52. The quantitative estimate of drug-likeness (QED) is 0.795. The standard InChI is InChI=1S/C14H17NO3S/c1-3-9-6-10-12(19-9)13(17)15(7-11(16)18-2)8-14(10)4-5-14/h6H,3-5,7-8H2,1-2H3. The lowest BCUT2D eigenvalue weighted by molar-refractivity contribution is -0.141. The molecule has 5 heteroatoms. The van der Waals surface area contributed by atoms with Gasteiger partial charge in [-0.2, -0.15) is 0 Å². The van der Waals surface area contributed by atoms with Crippen molar-refractivity contribution in [2.75, 3.05) is 20.2 Å². The van der Waals surface area contributed by atoms with Crippen LogP contribution in [0.2, 0.25) is 0 Å². The van der Waals surface area contributed by atoms with Gasteiger partial charge in [0.05, 0.1) is 12.0 Å². The summed E-state index contributed by atoms with van der Waals surface area (Å²) in [7, 11) is 1.36. The first-order valence-corrected chi connectivity index (χ1v) is 7.40. The van der Waals surface area contributed by atoms with Crippen molar-refractivity contribution < 1.29 is 14.3 Å². The van der Waals surface area contributed by atoms with Crippen molar-refractivity contribution in [3.63, 3.8) is 0 Å². The molecule has 0 N–H and O–H groups in total. The number of esters is 1. The van der Waals surface area contributed by atoms with Crippen LogP contribution in [0.5, 0.6) is 0 Å². The van der Waals surface area contributed by atoms with Gasteiger partial charge in [0.2, 0.25) is 0 Å².